The summed E-state index contributed by atoms with van der Waals surface area (Å²) in [5.41, 5.74) is 0. The van der Waals surface area contributed by atoms with Gasteiger partial charge in [-0.15, -0.1) is 0 Å². The van der Waals surface area contributed by atoms with Crippen LogP contribution in [0, 0.1) is 41.4 Å². The van der Waals surface area contributed by atoms with E-state index in [9.17, 15) is 24.0 Å². The third-order valence-corrected chi connectivity index (χ3v) is 19.0. The van der Waals surface area contributed by atoms with Crippen LogP contribution in [0.25, 0.3) is 0 Å². The second-order valence-electron chi connectivity index (χ2n) is 29.2. The van der Waals surface area contributed by atoms with Gasteiger partial charge in [-0.2, -0.15) is 0 Å². The smallest absolute Gasteiger partial charge is 0.303 e. The highest BCUT2D eigenvalue weighted by Gasteiger charge is 2.47. The van der Waals surface area contributed by atoms with E-state index < -0.39 is 167 Å². The first-order chi connectivity index (χ1) is 45.6. The van der Waals surface area contributed by atoms with Crippen molar-refractivity contribution in [2.75, 3.05) is 95.4 Å². The summed E-state index contributed by atoms with van der Waals surface area (Å²) >= 11 is 0. The van der Waals surface area contributed by atoms with Gasteiger partial charge in [-0.3, -0.25) is 62.4 Å². The fourth-order valence-corrected chi connectivity index (χ4v) is 12.6. The fraction of sp³-hybridized carbons (Fsp3) is 0.803. The predicted molar refractivity (Wildman–Crippen MR) is 375 cm³/mol. The number of ether oxygens (including phenoxy) is 3. The lowest BCUT2D eigenvalue weighted by molar-refractivity contribution is -0.164. The molecule has 14 atom stereocenters. The lowest BCUT2D eigenvalue weighted by atomic mass is 9.91. The number of carbonyl (C=O) groups excluding carboxylic acids is 12. The molecule has 98 heavy (non-hydrogen) atoms. The minimum atomic E-state index is -1.64. The Morgan fingerprint density at radius 3 is 1.54 bits per heavy atom. The normalized spacial score (nSPS) is 27.0. The Bertz CT molecular complexity index is 2700. The quantitative estimate of drug-likeness (QED) is 0.0726. The molecular formula is C71H126N12O15. The highest BCUT2D eigenvalue weighted by atomic mass is 16.5. The zero-order valence-electron chi connectivity index (χ0n) is 64.0. The van der Waals surface area contributed by atoms with Gasteiger partial charge < -0.3 is 69.8 Å². The number of carbonyl (C=O) groups is 12. The molecular weight excluding hydrogens is 1260 g/mol. The van der Waals surface area contributed by atoms with Crippen molar-refractivity contribution < 1.29 is 71.7 Å². The molecule has 0 radical (unpaired) electrons. The fourth-order valence-electron chi connectivity index (χ4n) is 12.6. The van der Waals surface area contributed by atoms with Gasteiger partial charge in [0.05, 0.1) is 26.4 Å². The number of allylic oxidation sites excluding steroid dienone is 2. The Kier molecular flexibility index (Phi) is 36.6. The second-order valence-corrected chi connectivity index (χ2v) is 29.2. The minimum absolute atomic E-state index is 0.0151. The highest BCUT2D eigenvalue weighted by Crippen LogP contribution is 2.27. The SMILES string of the molecule is C/C=C/C[C@@H](C)[C@@H](OC(C)=O)[C@H]1C(=O)N[C@@H](CC)C(=O)N(C)[C@H](C)C(=O)N(C)[C@@H]([C@H](C)COCCN2CCOCC2)C(=O)N[C@@H](C(C)C)C(=O)N(C)[C@@H](CCC(C)C)C(=O)N[C@@H](C)C(=O)N[C@H](C)C(=O)N(C)[C@@H](CC(C)C)C(=O)N(C)[C@@H](CC(C)C)C(=O)N(C)[C@@H](C(C)C)C(=O)N1C. The van der Waals surface area contributed by atoms with Crippen LogP contribution in [0.4, 0.5) is 0 Å². The van der Waals surface area contributed by atoms with Gasteiger partial charge in [0.1, 0.15) is 72.6 Å². The summed E-state index contributed by atoms with van der Waals surface area (Å²) in [5, 5.41) is 11.2. The molecule has 4 N–H and O–H groups in total. The summed E-state index contributed by atoms with van der Waals surface area (Å²) in [6, 6.07) is -14.2. The minimum Gasteiger partial charge on any atom is -0.459 e. The van der Waals surface area contributed by atoms with Crippen molar-refractivity contribution >= 4 is 70.9 Å². The molecule has 0 aromatic carbocycles. The average Bonchev–Trinajstić information content (AvgIpc) is 0.804. The number of nitrogens with one attached hydrogen (secondary N) is 4. The van der Waals surface area contributed by atoms with Crippen molar-refractivity contribution in [1.82, 2.24) is 60.5 Å². The van der Waals surface area contributed by atoms with Crippen LogP contribution in [0.3, 0.4) is 0 Å². The van der Waals surface area contributed by atoms with E-state index in [-0.39, 0.29) is 63.1 Å². The largest absolute Gasteiger partial charge is 0.459 e. The van der Waals surface area contributed by atoms with E-state index in [0.29, 0.717) is 39.3 Å². The number of amides is 11. The molecule has 0 aromatic rings. The zero-order chi connectivity index (χ0) is 75.1. The van der Waals surface area contributed by atoms with Gasteiger partial charge in [-0.1, -0.05) is 102 Å². The zero-order valence-corrected chi connectivity index (χ0v) is 64.0. The van der Waals surface area contributed by atoms with E-state index in [1.807, 2.05) is 47.6 Å². The average molecular weight is 1390 g/mol. The van der Waals surface area contributed by atoms with Crippen LogP contribution in [0.15, 0.2) is 12.2 Å². The number of hydrogen-bond acceptors (Lipinski definition) is 16. The van der Waals surface area contributed by atoms with E-state index >= 15 is 33.6 Å². The summed E-state index contributed by atoms with van der Waals surface area (Å²) in [4.78, 5) is 189. The Hall–Kier alpha value is -6.74. The van der Waals surface area contributed by atoms with E-state index in [0.717, 1.165) is 9.80 Å². The van der Waals surface area contributed by atoms with Crippen molar-refractivity contribution in [2.45, 2.75) is 236 Å². The monoisotopic (exact) mass is 1390 g/mol. The van der Waals surface area contributed by atoms with Gasteiger partial charge in [-0.25, -0.2) is 0 Å². The number of hydrogen-bond donors (Lipinski definition) is 4. The van der Waals surface area contributed by atoms with Gasteiger partial charge in [0.15, 0.2) is 0 Å². The molecule has 2 aliphatic rings. The number of likely N-dealkylation sites (N-methyl/N-ethyl adjacent to an activating group) is 7. The molecule has 27 nitrogen and oxygen atoms in total. The van der Waals surface area contributed by atoms with Crippen LogP contribution >= 0.6 is 0 Å². The van der Waals surface area contributed by atoms with Crippen molar-refractivity contribution in [2.24, 2.45) is 41.4 Å². The summed E-state index contributed by atoms with van der Waals surface area (Å²) in [6.07, 6.45) is 3.40. The third kappa shape index (κ3) is 24.9. The third-order valence-electron chi connectivity index (χ3n) is 19.0. The van der Waals surface area contributed by atoms with Crippen molar-refractivity contribution in [3.8, 4) is 0 Å². The van der Waals surface area contributed by atoms with Crippen LogP contribution in [-0.4, -0.2) is 278 Å². The molecule has 27 heteroatoms. The number of morpholine rings is 1. The Morgan fingerprint density at radius 1 is 0.541 bits per heavy atom. The molecule has 0 unspecified atom stereocenters. The lowest BCUT2D eigenvalue weighted by Crippen LogP contribution is -2.64. The molecule has 0 bridgehead atoms. The number of rotatable bonds is 21. The molecule has 560 valence electrons. The van der Waals surface area contributed by atoms with Gasteiger partial charge in [0.25, 0.3) is 0 Å². The lowest BCUT2D eigenvalue weighted by Gasteiger charge is -2.42. The maximum Gasteiger partial charge on any atom is 0.303 e. The molecule has 2 fully saturated rings. The molecule has 2 aliphatic heterocycles. The maximum absolute atomic E-state index is 15.5. The van der Waals surface area contributed by atoms with E-state index in [1.54, 1.807) is 61.5 Å². The van der Waals surface area contributed by atoms with Crippen LogP contribution in [0.5, 0.6) is 0 Å². The first-order valence-electron chi connectivity index (χ1n) is 35.4. The Labute approximate surface area is 585 Å². The molecule has 11 amide bonds. The Morgan fingerprint density at radius 2 is 1.04 bits per heavy atom. The Balaban J connectivity index is 3.10. The van der Waals surface area contributed by atoms with Gasteiger partial charge in [0.2, 0.25) is 65.0 Å². The van der Waals surface area contributed by atoms with Crippen LogP contribution in [0.1, 0.15) is 163 Å². The number of nitrogens with zero attached hydrogens (tertiary/aromatic N) is 8. The first kappa shape index (κ1) is 87.3. The van der Waals surface area contributed by atoms with Crippen molar-refractivity contribution in [3.63, 3.8) is 0 Å². The van der Waals surface area contributed by atoms with Gasteiger partial charge in [-0.05, 0) is 102 Å². The van der Waals surface area contributed by atoms with E-state index in [4.69, 9.17) is 14.2 Å². The molecule has 0 spiro atoms. The predicted octanol–water partition coefficient (Wildman–Crippen LogP) is 3.56. The molecule has 2 rings (SSSR count). The van der Waals surface area contributed by atoms with E-state index in [1.165, 1.54) is 102 Å². The topological polar surface area (TPSA) is 307 Å². The molecule has 0 aromatic heterocycles. The molecule has 0 aliphatic carbocycles. The summed E-state index contributed by atoms with van der Waals surface area (Å²) in [7, 11) is 9.92. The van der Waals surface area contributed by atoms with Crippen LogP contribution in [-0.2, 0) is 71.7 Å². The maximum atomic E-state index is 15.5. The first-order valence-corrected chi connectivity index (χ1v) is 35.4. The summed E-state index contributed by atoms with van der Waals surface area (Å²) in [6.45, 7) is 34.1. The van der Waals surface area contributed by atoms with Gasteiger partial charge >= 0.3 is 5.97 Å². The van der Waals surface area contributed by atoms with E-state index in [2.05, 4.69) is 26.2 Å². The number of esters is 1. The summed E-state index contributed by atoms with van der Waals surface area (Å²) < 4.78 is 17.7. The highest BCUT2D eigenvalue weighted by molar-refractivity contribution is 6.00. The van der Waals surface area contributed by atoms with Crippen molar-refractivity contribution in [1.29, 1.82) is 0 Å². The van der Waals surface area contributed by atoms with Crippen molar-refractivity contribution in [3.05, 3.63) is 12.2 Å². The molecule has 2 heterocycles. The van der Waals surface area contributed by atoms with Crippen LogP contribution < -0.4 is 21.3 Å². The standard InChI is InChI=1S/C71H126N12O15/c1-26-28-29-46(13)60(98-51(18)84)59-64(88)74-52(27-2)67(91)76(19)50(17)66(90)81(24)58(47(14)40-97-37-34-83-32-35-96-36-33-83)63(87)75-56(44(9)10)70(94)77(20)53(31-30-41(3)4)62(86)72-48(15)61(85)73-49(16)65(89)78(21)54(38-42(5)6)68(92)79(22)55(39-43(7)8)69(93)80(23)57(45(11)12)71(95)82(59)25/h26,28,41-50,52-60H,27,29-40H2,1-25H3,(H,72,86)(H,73,85)(H,74,88)(H,75,87)/b28-26+/t46-,47-,48+,49-,50-,52+,53+,54+,55+,56+,57+,58+,59+,60-/m1/s1. The molecule has 2 saturated heterocycles. The summed E-state index contributed by atoms with van der Waals surface area (Å²) in [5.74, 6) is -11.4. The van der Waals surface area contributed by atoms with Gasteiger partial charge in [0, 0.05) is 81.8 Å². The molecule has 0 saturated carbocycles. The second kappa shape index (κ2) is 41.1. The van der Waals surface area contributed by atoms with Crippen LogP contribution in [0.2, 0.25) is 0 Å².